The number of aliphatic hydroxyl groups excluding tert-OH is 1. The van der Waals surface area contributed by atoms with Gasteiger partial charge in [0.05, 0.1) is 38.2 Å². The number of aryl methyl sites for hydroxylation is 1. The second-order valence-corrected chi connectivity index (χ2v) is 13.6. The number of methoxy groups -OCH3 is 1. The van der Waals surface area contributed by atoms with Gasteiger partial charge in [-0.15, -0.1) is 11.8 Å². The highest BCUT2D eigenvalue weighted by Gasteiger charge is 2.50. The van der Waals surface area contributed by atoms with Crippen LogP contribution >= 0.6 is 11.8 Å². The zero-order valence-electron chi connectivity index (χ0n) is 25.5. The Morgan fingerprint density at radius 2 is 1.95 bits per heavy atom. The van der Waals surface area contributed by atoms with Crippen LogP contribution < -0.4 is 15.4 Å². The van der Waals surface area contributed by atoms with Gasteiger partial charge in [0, 0.05) is 11.3 Å². The molecule has 12 heteroatoms. The van der Waals surface area contributed by atoms with Crippen molar-refractivity contribution >= 4 is 29.7 Å². The van der Waals surface area contributed by atoms with E-state index in [4.69, 9.17) is 18.9 Å². The quantitative estimate of drug-likeness (QED) is 0.363. The molecule has 0 saturated carbocycles. The number of aliphatic hydroxyl groups is 1. The Morgan fingerprint density at radius 3 is 2.73 bits per heavy atom. The Kier molecular flexibility index (Phi) is 10.0. The summed E-state index contributed by atoms with van der Waals surface area (Å²) in [5, 5.41) is 17.2. The minimum atomic E-state index is -1.66. The Bertz CT molecular complexity index is 1360. The van der Waals surface area contributed by atoms with E-state index in [-0.39, 0.29) is 30.7 Å². The van der Waals surface area contributed by atoms with E-state index in [1.165, 1.54) is 16.7 Å². The predicted octanol–water partition coefficient (Wildman–Crippen LogP) is 2.76. The number of amides is 3. The van der Waals surface area contributed by atoms with Crippen LogP contribution in [0.4, 0.5) is 4.79 Å². The summed E-state index contributed by atoms with van der Waals surface area (Å²) in [5.41, 5.74) is 2.76. The molecule has 2 aromatic rings. The van der Waals surface area contributed by atoms with Crippen LogP contribution in [0.25, 0.3) is 0 Å². The summed E-state index contributed by atoms with van der Waals surface area (Å²) < 4.78 is 21.5. The average Bonchev–Trinajstić information content (AvgIpc) is 3.71. The van der Waals surface area contributed by atoms with Crippen LogP contribution in [0.5, 0.6) is 5.75 Å². The highest BCUT2D eigenvalue weighted by Crippen LogP contribution is 2.40. The van der Waals surface area contributed by atoms with E-state index < -0.39 is 47.3 Å². The van der Waals surface area contributed by atoms with E-state index in [0.29, 0.717) is 25.3 Å². The molecule has 3 saturated heterocycles. The van der Waals surface area contributed by atoms with Crippen LogP contribution in [0.1, 0.15) is 37.0 Å². The molecular formula is C32H41N3O8S. The molecule has 0 bridgehead atoms. The lowest BCUT2D eigenvalue weighted by Gasteiger charge is -2.33. The zero-order chi connectivity index (χ0) is 31.4. The number of carbonyl (C=O) groups is 3. The molecule has 3 N–H and O–H groups in total. The molecule has 0 aliphatic carbocycles. The van der Waals surface area contributed by atoms with Gasteiger partial charge in [-0.3, -0.25) is 9.59 Å². The van der Waals surface area contributed by atoms with Gasteiger partial charge in [-0.2, -0.15) is 0 Å². The van der Waals surface area contributed by atoms with Gasteiger partial charge in [-0.1, -0.05) is 36.4 Å². The third-order valence-electron chi connectivity index (χ3n) is 8.56. The van der Waals surface area contributed by atoms with Crippen LogP contribution in [0.2, 0.25) is 0 Å². The van der Waals surface area contributed by atoms with Gasteiger partial charge in [0.1, 0.15) is 17.9 Å². The summed E-state index contributed by atoms with van der Waals surface area (Å²) in [4.78, 5) is 42.0. The molecule has 3 aliphatic rings. The van der Waals surface area contributed by atoms with Crippen LogP contribution in [-0.2, 0) is 36.8 Å². The Hall–Kier alpha value is -3.32. The molecule has 11 nitrogen and oxygen atoms in total. The van der Waals surface area contributed by atoms with E-state index in [1.807, 2.05) is 51.1 Å². The molecule has 3 aliphatic heterocycles. The van der Waals surface area contributed by atoms with E-state index >= 15 is 0 Å². The molecular weight excluding hydrogens is 586 g/mol. The van der Waals surface area contributed by atoms with Gasteiger partial charge in [0.2, 0.25) is 5.91 Å². The Morgan fingerprint density at radius 1 is 1.16 bits per heavy atom. The number of fused-ring (bicyclic) bond motifs is 1. The SMILES string of the molecule is COc1cccc(C[C@H](NC(=O)O[C@@H]2CO[C@@H]3OCC[C@@H]32)[C@H](O)C(=O)N2CSC(C)(C)[C@H]2C(=O)NCc2ccccc2C)c1. The van der Waals surface area contributed by atoms with Crippen molar-refractivity contribution in [2.75, 3.05) is 26.2 Å². The first kappa shape index (κ1) is 32.1. The minimum Gasteiger partial charge on any atom is -0.497 e. The van der Waals surface area contributed by atoms with Crippen molar-refractivity contribution in [1.82, 2.24) is 15.5 Å². The normalized spacial score (nSPS) is 25.2. The third-order valence-corrected chi connectivity index (χ3v) is 9.94. The molecule has 5 rings (SSSR count). The lowest BCUT2D eigenvalue weighted by atomic mass is 9.97. The monoisotopic (exact) mass is 627 g/mol. The van der Waals surface area contributed by atoms with E-state index in [1.54, 1.807) is 25.3 Å². The first-order valence-corrected chi connectivity index (χ1v) is 15.8. The fraction of sp³-hybridized carbons (Fsp3) is 0.531. The fourth-order valence-electron chi connectivity index (χ4n) is 6.01. The molecule has 2 aromatic carbocycles. The molecule has 3 fully saturated rings. The lowest BCUT2D eigenvalue weighted by Crippen LogP contribution is -2.58. The minimum absolute atomic E-state index is 0.0630. The van der Waals surface area contributed by atoms with Crippen molar-refractivity contribution in [2.24, 2.45) is 5.92 Å². The fourth-order valence-corrected chi connectivity index (χ4v) is 7.15. The maximum Gasteiger partial charge on any atom is 0.407 e. The number of thioether (sulfide) groups is 1. The van der Waals surface area contributed by atoms with Crippen molar-refractivity contribution in [2.45, 2.75) is 75.5 Å². The maximum atomic E-state index is 13.9. The molecule has 0 radical (unpaired) electrons. The first-order chi connectivity index (χ1) is 21.1. The van der Waals surface area contributed by atoms with Crippen LogP contribution in [0.15, 0.2) is 48.5 Å². The standard InChI is InChI=1S/C32H41N3O8S/c1-19-8-5-6-10-21(19)16-33-28(37)27-32(2,3)44-18-35(27)29(38)26(36)24(15-20-9-7-11-22(14-20)40-4)34-31(39)43-25-17-42-30-23(25)12-13-41-30/h5-11,14,23-27,30,36H,12-13,15-18H2,1-4H3,(H,33,37)(H,34,39)/t23-,24+,25-,26+,27-,30+/m1/s1. The van der Waals surface area contributed by atoms with Crippen molar-refractivity contribution in [3.8, 4) is 5.75 Å². The molecule has 6 atom stereocenters. The van der Waals surface area contributed by atoms with Gasteiger partial charge < -0.3 is 39.6 Å². The molecule has 3 heterocycles. The van der Waals surface area contributed by atoms with Crippen LogP contribution in [0, 0.1) is 12.8 Å². The van der Waals surface area contributed by atoms with E-state index in [0.717, 1.165) is 16.7 Å². The Labute approximate surface area is 261 Å². The number of nitrogens with one attached hydrogen (secondary N) is 2. The summed E-state index contributed by atoms with van der Waals surface area (Å²) in [6.07, 6.45) is -2.48. The number of carbonyl (C=O) groups excluding carboxylic acids is 3. The van der Waals surface area contributed by atoms with Crippen LogP contribution in [0.3, 0.4) is 0 Å². The van der Waals surface area contributed by atoms with Crippen molar-refractivity contribution < 1.29 is 38.4 Å². The van der Waals surface area contributed by atoms with E-state index in [2.05, 4.69) is 10.6 Å². The zero-order valence-corrected chi connectivity index (χ0v) is 26.3. The summed E-state index contributed by atoms with van der Waals surface area (Å²) in [5.74, 6) is -0.213. The highest BCUT2D eigenvalue weighted by atomic mass is 32.2. The Balaban J connectivity index is 1.31. The molecule has 238 valence electrons. The van der Waals surface area contributed by atoms with Crippen molar-refractivity contribution in [1.29, 1.82) is 0 Å². The van der Waals surface area contributed by atoms with Crippen molar-refractivity contribution in [3.63, 3.8) is 0 Å². The van der Waals surface area contributed by atoms with Crippen LogP contribution in [-0.4, -0.2) is 89.4 Å². The van der Waals surface area contributed by atoms with Gasteiger partial charge in [0.25, 0.3) is 5.91 Å². The lowest BCUT2D eigenvalue weighted by molar-refractivity contribution is -0.147. The second kappa shape index (κ2) is 13.8. The van der Waals surface area contributed by atoms with Crippen molar-refractivity contribution in [3.05, 3.63) is 65.2 Å². The number of alkyl carbamates (subject to hydrolysis) is 1. The smallest absolute Gasteiger partial charge is 0.407 e. The number of hydrogen-bond donors (Lipinski definition) is 3. The number of benzene rings is 2. The summed E-state index contributed by atoms with van der Waals surface area (Å²) in [6, 6.07) is 13.1. The summed E-state index contributed by atoms with van der Waals surface area (Å²) >= 11 is 1.46. The molecule has 0 aromatic heterocycles. The topological polar surface area (TPSA) is 136 Å². The summed E-state index contributed by atoms with van der Waals surface area (Å²) in [7, 11) is 1.55. The molecule has 3 amide bonds. The van der Waals surface area contributed by atoms with E-state index in [9.17, 15) is 19.5 Å². The number of ether oxygens (including phenoxy) is 4. The second-order valence-electron chi connectivity index (χ2n) is 12.0. The number of hydrogen-bond acceptors (Lipinski definition) is 9. The highest BCUT2D eigenvalue weighted by molar-refractivity contribution is 8.00. The number of rotatable bonds is 10. The third kappa shape index (κ3) is 7.14. The molecule has 0 unspecified atom stereocenters. The summed E-state index contributed by atoms with van der Waals surface area (Å²) in [6.45, 7) is 6.85. The molecule has 0 spiro atoms. The van der Waals surface area contributed by atoms with Gasteiger partial charge in [-0.25, -0.2) is 4.79 Å². The largest absolute Gasteiger partial charge is 0.497 e. The molecule has 44 heavy (non-hydrogen) atoms. The average molecular weight is 628 g/mol. The maximum absolute atomic E-state index is 13.9. The number of nitrogens with zero attached hydrogens (tertiary/aromatic N) is 1. The van der Waals surface area contributed by atoms with Gasteiger partial charge in [-0.05, 0) is 62.4 Å². The van der Waals surface area contributed by atoms with Gasteiger partial charge in [0.15, 0.2) is 12.4 Å². The van der Waals surface area contributed by atoms with Gasteiger partial charge >= 0.3 is 6.09 Å². The predicted molar refractivity (Wildman–Crippen MR) is 164 cm³/mol. The first-order valence-electron chi connectivity index (χ1n) is 14.9.